The third-order valence-corrected chi connectivity index (χ3v) is 3.72. The maximum absolute atomic E-state index is 11.8. The molecule has 0 aliphatic carbocycles. The summed E-state index contributed by atoms with van der Waals surface area (Å²) < 4.78 is 0. The van der Waals surface area contributed by atoms with E-state index >= 15 is 0 Å². The first-order chi connectivity index (χ1) is 11.6. The lowest BCUT2D eigenvalue weighted by Gasteiger charge is -2.06. The van der Waals surface area contributed by atoms with Gasteiger partial charge in [0.05, 0.1) is 12.1 Å². The van der Waals surface area contributed by atoms with E-state index in [9.17, 15) is 14.7 Å². The van der Waals surface area contributed by atoms with E-state index in [0.717, 1.165) is 16.8 Å². The molecule has 0 unspecified atom stereocenters. The van der Waals surface area contributed by atoms with Crippen LogP contribution in [-0.2, 0) is 17.6 Å². The van der Waals surface area contributed by atoms with E-state index in [1.165, 1.54) is 0 Å². The predicted molar refractivity (Wildman–Crippen MR) is 89.7 cm³/mol. The Bertz CT molecular complexity index is 860. The number of carbonyl (C=O) groups is 1. The van der Waals surface area contributed by atoms with Crippen LogP contribution in [0.1, 0.15) is 11.3 Å². The van der Waals surface area contributed by atoms with Gasteiger partial charge in [-0.2, -0.15) is 0 Å². The van der Waals surface area contributed by atoms with E-state index in [2.05, 4.69) is 20.3 Å². The second-order valence-corrected chi connectivity index (χ2v) is 5.46. The van der Waals surface area contributed by atoms with Crippen molar-refractivity contribution in [1.29, 1.82) is 0 Å². The third-order valence-electron chi connectivity index (χ3n) is 3.72. The number of aromatic hydroxyl groups is 1. The molecule has 2 heterocycles. The van der Waals surface area contributed by atoms with Crippen LogP contribution in [-0.4, -0.2) is 32.5 Å². The molecule has 3 rings (SSSR count). The minimum absolute atomic E-state index is 0.0731. The Morgan fingerprint density at radius 3 is 2.54 bits per heavy atom. The Labute approximate surface area is 137 Å². The number of aromatic amines is 3. The number of hydrogen-bond acceptors (Lipinski definition) is 3. The standard InChI is InChI=1S/C17H18N4O3/c22-15(10-14-16(23)21-17(24)20-14)19-9-7-11-3-5-12(6-4-11)13-2-1-8-18-13/h1-6,8,18,23H,7,9-10H2,(H,19,22)(H2,20,21,24). The van der Waals surface area contributed by atoms with Gasteiger partial charge in [-0.3, -0.25) is 9.78 Å². The van der Waals surface area contributed by atoms with E-state index in [4.69, 9.17) is 0 Å². The quantitative estimate of drug-likeness (QED) is 0.470. The molecule has 0 bridgehead atoms. The molecule has 0 aliphatic rings. The maximum Gasteiger partial charge on any atom is 0.325 e. The molecule has 124 valence electrons. The summed E-state index contributed by atoms with van der Waals surface area (Å²) in [7, 11) is 0. The summed E-state index contributed by atoms with van der Waals surface area (Å²) in [6, 6.07) is 12.1. The number of nitrogens with one attached hydrogen (secondary N) is 4. The van der Waals surface area contributed by atoms with Crippen LogP contribution in [0.15, 0.2) is 47.4 Å². The minimum Gasteiger partial charge on any atom is -0.493 e. The average molecular weight is 326 g/mol. The Morgan fingerprint density at radius 2 is 1.92 bits per heavy atom. The summed E-state index contributed by atoms with van der Waals surface area (Å²) in [5.74, 6) is -0.557. The molecular formula is C17H18N4O3. The van der Waals surface area contributed by atoms with Crippen molar-refractivity contribution in [3.63, 3.8) is 0 Å². The Kier molecular flexibility index (Phi) is 4.51. The summed E-state index contributed by atoms with van der Waals surface area (Å²) in [6.07, 6.45) is 2.51. The summed E-state index contributed by atoms with van der Waals surface area (Å²) in [6.45, 7) is 0.482. The number of H-pyrrole nitrogens is 3. The molecule has 7 heteroatoms. The topological polar surface area (TPSA) is 114 Å². The largest absolute Gasteiger partial charge is 0.493 e. The number of hydrogen-bond donors (Lipinski definition) is 5. The predicted octanol–water partition coefficient (Wildman–Crippen LogP) is 1.31. The maximum atomic E-state index is 11.8. The SMILES string of the molecule is O=C(Cc1[nH]c(=O)[nH]c1O)NCCc1ccc(-c2ccc[nH]2)cc1. The molecule has 0 saturated heterocycles. The summed E-state index contributed by atoms with van der Waals surface area (Å²) >= 11 is 0. The first kappa shape index (κ1) is 15.7. The van der Waals surface area contributed by atoms with Gasteiger partial charge < -0.3 is 20.4 Å². The highest BCUT2D eigenvalue weighted by molar-refractivity contribution is 5.78. The van der Waals surface area contributed by atoms with Gasteiger partial charge in [0.2, 0.25) is 11.8 Å². The van der Waals surface area contributed by atoms with Crippen LogP contribution >= 0.6 is 0 Å². The molecule has 0 aliphatic heterocycles. The smallest absolute Gasteiger partial charge is 0.325 e. The van der Waals surface area contributed by atoms with Gasteiger partial charge >= 0.3 is 5.69 Å². The van der Waals surface area contributed by atoms with Crippen LogP contribution in [0.25, 0.3) is 11.3 Å². The second kappa shape index (κ2) is 6.91. The van der Waals surface area contributed by atoms with Crippen molar-refractivity contribution in [3.8, 4) is 17.1 Å². The van der Waals surface area contributed by atoms with E-state index < -0.39 is 5.69 Å². The fourth-order valence-electron chi connectivity index (χ4n) is 2.47. The minimum atomic E-state index is -0.530. The fourth-order valence-corrected chi connectivity index (χ4v) is 2.47. The molecule has 1 amide bonds. The van der Waals surface area contributed by atoms with Crippen molar-refractivity contribution in [2.75, 3.05) is 6.54 Å². The molecule has 0 spiro atoms. The lowest BCUT2D eigenvalue weighted by atomic mass is 10.1. The van der Waals surface area contributed by atoms with Gasteiger partial charge in [-0.1, -0.05) is 24.3 Å². The lowest BCUT2D eigenvalue weighted by molar-refractivity contribution is -0.120. The van der Waals surface area contributed by atoms with Crippen LogP contribution < -0.4 is 11.0 Å². The summed E-state index contributed by atoms with van der Waals surface area (Å²) in [4.78, 5) is 30.5. The average Bonchev–Trinajstić information content (AvgIpc) is 3.18. The third kappa shape index (κ3) is 3.75. The van der Waals surface area contributed by atoms with Crippen LogP contribution in [0.4, 0.5) is 0 Å². The van der Waals surface area contributed by atoms with Crippen molar-refractivity contribution in [3.05, 3.63) is 64.3 Å². The number of amides is 1. The zero-order valence-electron chi connectivity index (χ0n) is 12.9. The van der Waals surface area contributed by atoms with Crippen molar-refractivity contribution in [1.82, 2.24) is 20.3 Å². The zero-order valence-corrected chi connectivity index (χ0v) is 12.9. The van der Waals surface area contributed by atoms with Crippen LogP contribution in [0.2, 0.25) is 0 Å². The molecule has 0 atom stereocenters. The number of benzene rings is 1. The van der Waals surface area contributed by atoms with Gasteiger partial charge in [0.1, 0.15) is 0 Å². The van der Waals surface area contributed by atoms with Crippen LogP contribution in [0, 0.1) is 0 Å². The van der Waals surface area contributed by atoms with Gasteiger partial charge in [0.25, 0.3) is 0 Å². The lowest BCUT2D eigenvalue weighted by Crippen LogP contribution is -2.27. The number of aromatic nitrogens is 3. The molecule has 1 aromatic carbocycles. The van der Waals surface area contributed by atoms with E-state index in [1.807, 2.05) is 42.6 Å². The Hall–Kier alpha value is -3.22. The van der Waals surface area contributed by atoms with Gasteiger partial charge in [-0.05, 0) is 29.7 Å². The fraction of sp³-hybridized carbons (Fsp3) is 0.176. The first-order valence-corrected chi connectivity index (χ1v) is 7.61. The first-order valence-electron chi connectivity index (χ1n) is 7.61. The number of imidazole rings is 1. The van der Waals surface area contributed by atoms with Gasteiger partial charge in [-0.25, -0.2) is 4.79 Å². The summed E-state index contributed by atoms with van der Waals surface area (Å²) in [5, 5.41) is 12.2. The second-order valence-electron chi connectivity index (χ2n) is 5.46. The van der Waals surface area contributed by atoms with Gasteiger partial charge in [-0.15, -0.1) is 0 Å². The van der Waals surface area contributed by atoms with Crippen molar-refractivity contribution < 1.29 is 9.90 Å². The Balaban J connectivity index is 1.48. The van der Waals surface area contributed by atoms with E-state index in [-0.39, 0.29) is 23.9 Å². The van der Waals surface area contributed by atoms with Crippen molar-refractivity contribution >= 4 is 5.91 Å². The highest BCUT2D eigenvalue weighted by Crippen LogP contribution is 2.17. The summed E-state index contributed by atoms with van der Waals surface area (Å²) in [5.41, 5.74) is 2.95. The molecule has 0 fully saturated rings. The van der Waals surface area contributed by atoms with Gasteiger partial charge in [0.15, 0.2) is 0 Å². The molecule has 3 aromatic rings. The van der Waals surface area contributed by atoms with E-state index in [1.54, 1.807) is 0 Å². The zero-order chi connectivity index (χ0) is 16.9. The van der Waals surface area contributed by atoms with E-state index in [0.29, 0.717) is 13.0 Å². The molecule has 5 N–H and O–H groups in total. The molecular weight excluding hydrogens is 308 g/mol. The number of rotatable bonds is 6. The van der Waals surface area contributed by atoms with Crippen LogP contribution in [0.5, 0.6) is 5.88 Å². The van der Waals surface area contributed by atoms with Crippen LogP contribution in [0.3, 0.4) is 0 Å². The van der Waals surface area contributed by atoms with Gasteiger partial charge in [0, 0.05) is 18.4 Å². The van der Waals surface area contributed by atoms with Crippen molar-refractivity contribution in [2.24, 2.45) is 0 Å². The highest BCUT2D eigenvalue weighted by atomic mass is 16.3. The molecule has 0 saturated carbocycles. The molecule has 2 aromatic heterocycles. The normalized spacial score (nSPS) is 10.7. The molecule has 24 heavy (non-hydrogen) atoms. The van der Waals surface area contributed by atoms with Crippen molar-refractivity contribution in [2.45, 2.75) is 12.8 Å². The highest BCUT2D eigenvalue weighted by Gasteiger charge is 2.10. The Morgan fingerprint density at radius 1 is 1.12 bits per heavy atom. The monoisotopic (exact) mass is 326 g/mol. The number of carbonyl (C=O) groups excluding carboxylic acids is 1. The molecule has 0 radical (unpaired) electrons. The molecule has 7 nitrogen and oxygen atoms in total.